The van der Waals surface area contributed by atoms with Crippen molar-refractivity contribution in [2.75, 3.05) is 20.2 Å². The number of dihydropyridines is 1. The molecule has 1 N–H and O–H groups in total. The predicted octanol–water partition coefficient (Wildman–Crippen LogP) is 5.99. The molecule has 37 heavy (non-hydrogen) atoms. The van der Waals surface area contributed by atoms with Crippen molar-refractivity contribution in [2.24, 2.45) is 5.41 Å². The minimum absolute atomic E-state index is 0.117. The fraction of sp³-hybridized carbons (Fsp3) is 0.438. The average Bonchev–Trinajstić information content (AvgIpc) is 3.30. The molecule has 0 radical (unpaired) electrons. The van der Waals surface area contributed by atoms with E-state index < -0.39 is 5.92 Å². The van der Waals surface area contributed by atoms with Crippen LogP contribution in [0.5, 0.6) is 0 Å². The Morgan fingerprint density at radius 3 is 2.41 bits per heavy atom. The first kappa shape index (κ1) is 25.5. The molecule has 2 atom stereocenters. The number of rotatable bonds is 6. The Morgan fingerprint density at radius 1 is 1.05 bits per heavy atom. The van der Waals surface area contributed by atoms with Gasteiger partial charge in [-0.05, 0) is 61.4 Å². The molecule has 2 heterocycles. The molecule has 0 amide bonds. The first-order chi connectivity index (χ1) is 17.8. The minimum Gasteiger partial charge on any atom is -0.461 e. The zero-order valence-electron chi connectivity index (χ0n) is 22.5. The molecule has 3 aliphatic rings. The Balaban J connectivity index is 1.54. The van der Waals surface area contributed by atoms with Gasteiger partial charge in [0.15, 0.2) is 5.78 Å². The number of allylic oxidation sites excluding steroid dienone is 3. The number of benzene rings is 2. The third kappa shape index (κ3) is 5.15. The SMILES string of the molecule is CCC1=C(C(=O)OCC2CCCN2C)C(c2ccc(-c3ccccc3)cc2)C2=C(CC(C)(C)CC2=O)N1. The Bertz CT molecular complexity index is 1240. The van der Waals surface area contributed by atoms with Crippen LogP contribution < -0.4 is 5.32 Å². The Kier molecular flexibility index (Phi) is 7.09. The smallest absolute Gasteiger partial charge is 0.336 e. The van der Waals surface area contributed by atoms with Crippen LogP contribution in [0.3, 0.4) is 0 Å². The molecule has 5 heteroatoms. The van der Waals surface area contributed by atoms with Gasteiger partial charge in [0.2, 0.25) is 0 Å². The highest BCUT2D eigenvalue weighted by Gasteiger charge is 2.43. The van der Waals surface area contributed by atoms with Crippen molar-refractivity contribution in [1.29, 1.82) is 0 Å². The summed E-state index contributed by atoms with van der Waals surface area (Å²) in [6.07, 6.45) is 4.08. The van der Waals surface area contributed by atoms with E-state index in [0.717, 1.165) is 59.5 Å². The maximum atomic E-state index is 13.7. The number of nitrogens with one attached hydrogen (secondary N) is 1. The number of carbonyl (C=O) groups excluding carboxylic acids is 2. The fourth-order valence-corrected chi connectivity index (χ4v) is 6.14. The van der Waals surface area contributed by atoms with Crippen LogP contribution in [0.15, 0.2) is 77.1 Å². The fourth-order valence-electron chi connectivity index (χ4n) is 6.14. The van der Waals surface area contributed by atoms with Crippen molar-refractivity contribution in [2.45, 2.75) is 64.8 Å². The van der Waals surface area contributed by atoms with E-state index in [0.29, 0.717) is 25.0 Å². The number of ketones is 1. The summed E-state index contributed by atoms with van der Waals surface area (Å²) in [5, 5.41) is 3.52. The largest absolute Gasteiger partial charge is 0.461 e. The van der Waals surface area contributed by atoms with Gasteiger partial charge in [0.1, 0.15) is 6.61 Å². The van der Waals surface area contributed by atoms with Crippen LogP contribution in [0.1, 0.15) is 64.4 Å². The van der Waals surface area contributed by atoms with E-state index in [1.807, 2.05) is 18.2 Å². The van der Waals surface area contributed by atoms with Gasteiger partial charge in [0, 0.05) is 35.3 Å². The van der Waals surface area contributed by atoms with Crippen LogP contribution in [-0.4, -0.2) is 42.9 Å². The van der Waals surface area contributed by atoms with Gasteiger partial charge >= 0.3 is 5.97 Å². The molecule has 1 fully saturated rings. The number of hydrogen-bond donors (Lipinski definition) is 1. The molecule has 0 bridgehead atoms. The van der Waals surface area contributed by atoms with Crippen molar-refractivity contribution in [3.63, 3.8) is 0 Å². The number of likely N-dealkylation sites (tertiary alicyclic amines) is 1. The lowest BCUT2D eigenvalue weighted by Gasteiger charge is -2.40. The number of hydrogen-bond acceptors (Lipinski definition) is 5. The highest BCUT2D eigenvalue weighted by atomic mass is 16.5. The van der Waals surface area contributed by atoms with Gasteiger partial charge < -0.3 is 15.0 Å². The number of ether oxygens (including phenoxy) is 1. The molecular weight excluding hydrogens is 460 g/mol. The van der Waals surface area contributed by atoms with Crippen molar-refractivity contribution >= 4 is 11.8 Å². The first-order valence-electron chi connectivity index (χ1n) is 13.6. The minimum atomic E-state index is -0.423. The van der Waals surface area contributed by atoms with Crippen LogP contribution in [0.4, 0.5) is 0 Å². The second-order valence-electron chi connectivity index (χ2n) is 11.5. The van der Waals surface area contributed by atoms with E-state index in [2.05, 4.69) is 74.4 Å². The predicted molar refractivity (Wildman–Crippen MR) is 147 cm³/mol. The topological polar surface area (TPSA) is 58.6 Å². The lowest BCUT2D eigenvalue weighted by Crippen LogP contribution is -2.39. The van der Waals surface area contributed by atoms with Crippen LogP contribution in [0, 0.1) is 5.41 Å². The van der Waals surface area contributed by atoms with E-state index in [1.165, 1.54) is 0 Å². The van der Waals surface area contributed by atoms with E-state index in [-0.39, 0.29) is 23.2 Å². The molecule has 2 aromatic rings. The van der Waals surface area contributed by atoms with E-state index in [4.69, 9.17) is 4.74 Å². The highest BCUT2D eigenvalue weighted by molar-refractivity contribution is 6.04. The van der Waals surface area contributed by atoms with Crippen LogP contribution in [-0.2, 0) is 14.3 Å². The highest BCUT2D eigenvalue weighted by Crippen LogP contribution is 2.47. The molecule has 2 aliphatic heterocycles. The van der Waals surface area contributed by atoms with Gasteiger partial charge in [0.05, 0.1) is 5.57 Å². The van der Waals surface area contributed by atoms with Gasteiger partial charge in [0.25, 0.3) is 0 Å². The third-order valence-electron chi connectivity index (χ3n) is 8.13. The molecule has 0 aromatic heterocycles. The number of Topliss-reactive ketones (excluding diaryl/α,β-unsaturated/α-hetero) is 1. The van der Waals surface area contributed by atoms with Gasteiger partial charge in [-0.25, -0.2) is 4.79 Å². The lowest BCUT2D eigenvalue weighted by atomic mass is 9.68. The van der Waals surface area contributed by atoms with Crippen molar-refractivity contribution in [1.82, 2.24) is 10.2 Å². The van der Waals surface area contributed by atoms with E-state index in [9.17, 15) is 9.59 Å². The quantitative estimate of drug-likeness (QED) is 0.496. The zero-order chi connectivity index (χ0) is 26.2. The van der Waals surface area contributed by atoms with Crippen LogP contribution >= 0.6 is 0 Å². The molecular formula is C32H38N2O3. The molecule has 5 rings (SSSR count). The number of nitrogens with zero attached hydrogens (tertiary/aromatic N) is 1. The maximum Gasteiger partial charge on any atom is 0.336 e. The first-order valence-corrected chi connectivity index (χ1v) is 13.6. The number of likely N-dealkylation sites (N-methyl/N-ethyl adjacent to an activating group) is 1. The standard InChI is InChI=1S/C32H38N2O3/c1-5-25-30(31(36)37-20-24-12-9-17-34(24)4)28(29-26(33-25)18-32(2,3)19-27(29)35)23-15-13-22(14-16-23)21-10-7-6-8-11-21/h6-8,10-11,13-16,24,28,33H,5,9,12,17-20H2,1-4H3. The van der Waals surface area contributed by atoms with Crippen molar-refractivity contribution in [3.8, 4) is 11.1 Å². The van der Waals surface area contributed by atoms with Crippen molar-refractivity contribution in [3.05, 3.63) is 82.7 Å². The summed E-state index contributed by atoms with van der Waals surface area (Å²) in [5.41, 5.74) is 6.23. The van der Waals surface area contributed by atoms with Crippen molar-refractivity contribution < 1.29 is 14.3 Å². The van der Waals surface area contributed by atoms with Gasteiger partial charge in [-0.2, -0.15) is 0 Å². The van der Waals surface area contributed by atoms with Gasteiger partial charge in [-0.1, -0.05) is 75.4 Å². The van der Waals surface area contributed by atoms with E-state index in [1.54, 1.807) is 0 Å². The average molecular weight is 499 g/mol. The molecule has 0 saturated carbocycles. The Labute approximate surface area is 220 Å². The molecule has 194 valence electrons. The third-order valence-corrected chi connectivity index (χ3v) is 8.13. The molecule has 0 spiro atoms. The van der Waals surface area contributed by atoms with Crippen LogP contribution in [0.25, 0.3) is 11.1 Å². The van der Waals surface area contributed by atoms with Gasteiger partial charge in [-0.3, -0.25) is 4.79 Å². The van der Waals surface area contributed by atoms with Crippen LogP contribution in [0.2, 0.25) is 0 Å². The summed E-state index contributed by atoms with van der Waals surface area (Å²) in [6.45, 7) is 7.73. The normalized spacial score (nSPS) is 23.6. The maximum absolute atomic E-state index is 13.7. The summed E-state index contributed by atoms with van der Waals surface area (Å²) in [6, 6.07) is 18.8. The lowest BCUT2D eigenvalue weighted by molar-refractivity contribution is -0.140. The molecule has 1 aliphatic carbocycles. The van der Waals surface area contributed by atoms with E-state index >= 15 is 0 Å². The molecule has 1 saturated heterocycles. The summed E-state index contributed by atoms with van der Waals surface area (Å²) in [7, 11) is 2.08. The summed E-state index contributed by atoms with van der Waals surface area (Å²) < 4.78 is 5.96. The van der Waals surface area contributed by atoms with Gasteiger partial charge in [-0.15, -0.1) is 0 Å². The Morgan fingerprint density at radius 2 is 1.76 bits per heavy atom. The monoisotopic (exact) mass is 498 g/mol. The summed E-state index contributed by atoms with van der Waals surface area (Å²) in [5.74, 6) is -0.619. The summed E-state index contributed by atoms with van der Waals surface area (Å²) >= 11 is 0. The summed E-state index contributed by atoms with van der Waals surface area (Å²) in [4.78, 5) is 29.6. The molecule has 5 nitrogen and oxygen atoms in total. The number of esters is 1. The zero-order valence-corrected chi connectivity index (χ0v) is 22.5. The molecule has 2 aromatic carbocycles. The Hall–Kier alpha value is -3.18. The molecule has 2 unspecified atom stereocenters. The second-order valence-corrected chi connectivity index (χ2v) is 11.5. The number of carbonyl (C=O) groups is 2. The second kappa shape index (κ2) is 10.3.